The maximum atomic E-state index is 12.5. The number of hydrogen-bond acceptors (Lipinski definition) is 3. The first-order valence-electron chi connectivity index (χ1n) is 6.03. The molecule has 0 aliphatic carbocycles. The van der Waals surface area contributed by atoms with Crippen molar-refractivity contribution in [3.8, 4) is 5.75 Å². The van der Waals surface area contributed by atoms with E-state index < -0.39 is 0 Å². The number of phenols is 1. The first-order valence-corrected chi connectivity index (χ1v) is 6.82. The molecular formula is C15H15BrN2O2. The van der Waals surface area contributed by atoms with Gasteiger partial charge in [-0.2, -0.15) is 0 Å². The quantitative estimate of drug-likeness (QED) is 0.828. The van der Waals surface area contributed by atoms with Crippen molar-refractivity contribution in [3.05, 3.63) is 52.0 Å². The van der Waals surface area contributed by atoms with Crippen molar-refractivity contribution in [2.75, 3.05) is 17.7 Å². The third-order valence-corrected chi connectivity index (χ3v) is 3.68. The van der Waals surface area contributed by atoms with Crippen LogP contribution in [-0.2, 0) is 0 Å². The highest BCUT2D eigenvalue weighted by atomic mass is 79.9. The molecule has 2 rings (SSSR count). The number of carbonyl (C=O) groups is 1. The smallest absolute Gasteiger partial charge is 0.258 e. The van der Waals surface area contributed by atoms with Gasteiger partial charge in [-0.15, -0.1) is 0 Å². The van der Waals surface area contributed by atoms with Gasteiger partial charge in [0.1, 0.15) is 5.75 Å². The largest absolute Gasteiger partial charge is 0.508 e. The van der Waals surface area contributed by atoms with Crippen LogP contribution in [0.15, 0.2) is 40.9 Å². The SMILES string of the molecule is Cc1c(O)cccc1C(=O)N(C)c1ccc(Br)cc1N. The standard InChI is InChI=1S/C15H15BrN2O2/c1-9-11(4-3-5-14(9)19)15(20)18(2)13-7-6-10(16)8-12(13)17/h3-8,19H,17H2,1-2H3. The molecule has 0 bridgehead atoms. The molecule has 0 unspecified atom stereocenters. The van der Waals surface area contributed by atoms with Gasteiger partial charge in [0, 0.05) is 22.6 Å². The Hall–Kier alpha value is -2.01. The maximum absolute atomic E-state index is 12.5. The second kappa shape index (κ2) is 5.54. The average molecular weight is 335 g/mol. The van der Waals surface area contributed by atoms with Crippen molar-refractivity contribution < 1.29 is 9.90 Å². The molecule has 0 spiro atoms. The Bertz CT molecular complexity index is 671. The molecule has 0 radical (unpaired) electrons. The number of anilines is 2. The number of aromatic hydroxyl groups is 1. The summed E-state index contributed by atoms with van der Waals surface area (Å²) in [5.41, 5.74) is 8.08. The second-order valence-electron chi connectivity index (χ2n) is 4.52. The molecule has 0 aromatic heterocycles. The van der Waals surface area contributed by atoms with Crippen molar-refractivity contribution in [1.82, 2.24) is 0 Å². The zero-order valence-electron chi connectivity index (χ0n) is 11.2. The first kappa shape index (κ1) is 14.4. The van der Waals surface area contributed by atoms with Gasteiger partial charge < -0.3 is 15.7 Å². The van der Waals surface area contributed by atoms with E-state index in [1.807, 2.05) is 6.07 Å². The van der Waals surface area contributed by atoms with Crippen LogP contribution < -0.4 is 10.6 Å². The van der Waals surface area contributed by atoms with E-state index >= 15 is 0 Å². The summed E-state index contributed by atoms with van der Waals surface area (Å²) in [4.78, 5) is 14.0. The van der Waals surface area contributed by atoms with Gasteiger partial charge in [0.05, 0.1) is 11.4 Å². The van der Waals surface area contributed by atoms with E-state index in [0.717, 1.165) is 4.47 Å². The highest BCUT2D eigenvalue weighted by molar-refractivity contribution is 9.10. The van der Waals surface area contributed by atoms with Crippen LogP contribution in [0.1, 0.15) is 15.9 Å². The summed E-state index contributed by atoms with van der Waals surface area (Å²) in [6, 6.07) is 10.2. The molecule has 20 heavy (non-hydrogen) atoms. The van der Waals surface area contributed by atoms with Gasteiger partial charge in [0.25, 0.3) is 5.91 Å². The van der Waals surface area contributed by atoms with Gasteiger partial charge >= 0.3 is 0 Å². The second-order valence-corrected chi connectivity index (χ2v) is 5.43. The first-order chi connectivity index (χ1) is 9.41. The van der Waals surface area contributed by atoms with Crippen LogP contribution >= 0.6 is 15.9 Å². The molecule has 0 atom stereocenters. The topological polar surface area (TPSA) is 66.6 Å². The number of benzene rings is 2. The van der Waals surface area contributed by atoms with E-state index in [1.54, 1.807) is 44.3 Å². The predicted molar refractivity (Wildman–Crippen MR) is 84.1 cm³/mol. The predicted octanol–water partition coefficient (Wildman–Crippen LogP) is 3.32. The fourth-order valence-corrected chi connectivity index (χ4v) is 2.35. The van der Waals surface area contributed by atoms with E-state index in [-0.39, 0.29) is 11.7 Å². The minimum absolute atomic E-state index is 0.105. The summed E-state index contributed by atoms with van der Waals surface area (Å²) < 4.78 is 0.855. The summed E-state index contributed by atoms with van der Waals surface area (Å²) in [5, 5.41) is 9.69. The van der Waals surface area contributed by atoms with Crippen molar-refractivity contribution in [2.24, 2.45) is 0 Å². The minimum Gasteiger partial charge on any atom is -0.508 e. The molecule has 2 aromatic carbocycles. The third kappa shape index (κ3) is 2.63. The normalized spacial score (nSPS) is 10.3. The molecule has 5 heteroatoms. The van der Waals surface area contributed by atoms with Crippen LogP contribution in [0.4, 0.5) is 11.4 Å². The lowest BCUT2D eigenvalue weighted by atomic mass is 10.1. The molecule has 0 saturated heterocycles. The lowest BCUT2D eigenvalue weighted by molar-refractivity contribution is 0.0992. The molecule has 0 heterocycles. The Morgan fingerprint density at radius 2 is 2.00 bits per heavy atom. The number of halogens is 1. The van der Waals surface area contributed by atoms with Crippen molar-refractivity contribution in [1.29, 1.82) is 0 Å². The molecule has 0 fully saturated rings. The Kier molecular flexibility index (Phi) is 3.99. The lowest BCUT2D eigenvalue weighted by Crippen LogP contribution is -2.27. The van der Waals surface area contributed by atoms with E-state index in [4.69, 9.17) is 5.73 Å². The van der Waals surface area contributed by atoms with Gasteiger partial charge in [-0.25, -0.2) is 0 Å². The molecule has 4 nitrogen and oxygen atoms in total. The molecule has 3 N–H and O–H groups in total. The van der Waals surface area contributed by atoms with E-state index in [9.17, 15) is 9.90 Å². The monoisotopic (exact) mass is 334 g/mol. The molecular weight excluding hydrogens is 320 g/mol. The fourth-order valence-electron chi connectivity index (χ4n) is 1.98. The molecule has 0 aliphatic heterocycles. The zero-order valence-corrected chi connectivity index (χ0v) is 12.8. The number of hydrogen-bond donors (Lipinski definition) is 2. The highest BCUT2D eigenvalue weighted by Gasteiger charge is 2.18. The molecule has 1 amide bonds. The van der Waals surface area contributed by atoms with Crippen molar-refractivity contribution in [2.45, 2.75) is 6.92 Å². The highest BCUT2D eigenvalue weighted by Crippen LogP contribution is 2.28. The summed E-state index contributed by atoms with van der Waals surface area (Å²) in [7, 11) is 1.66. The summed E-state index contributed by atoms with van der Waals surface area (Å²) >= 11 is 3.33. The molecule has 104 valence electrons. The maximum Gasteiger partial charge on any atom is 0.258 e. The van der Waals surface area contributed by atoms with E-state index in [1.165, 1.54) is 4.90 Å². The van der Waals surface area contributed by atoms with Crippen LogP contribution in [0.25, 0.3) is 0 Å². The van der Waals surface area contributed by atoms with Crippen LogP contribution in [0.5, 0.6) is 5.75 Å². The Balaban J connectivity index is 2.40. The van der Waals surface area contributed by atoms with Crippen LogP contribution in [-0.4, -0.2) is 18.1 Å². The number of nitrogen functional groups attached to an aromatic ring is 1. The minimum atomic E-state index is -0.215. The number of phenolic OH excluding ortho intramolecular Hbond substituents is 1. The van der Waals surface area contributed by atoms with E-state index in [0.29, 0.717) is 22.5 Å². The molecule has 2 aromatic rings. The molecule has 0 saturated carbocycles. The molecule has 0 aliphatic rings. The van der Waals surface area contributed by atoms with Crippen molar-refractivity contribution in [3.63, 3.8) is 0 Å². The van der Waals surface area contributed by atoms with Gasteiger partial charge in [0.15, 0.2) is 0 Å². The Morgan fingerprint density at radius 1 is 1.30 bits per heavy atom. The Labute approximate surface area is 126 Å². The number of carbonyl (C=O) groups excluding carboxylic acids is 1. The van der Waals surface area contributed by atoms with Crippen LogP contribution in [0.3, 0.4) is 0 Å². The lowest BCUT2D eigenvalue weighted by Gasteiger charge is -2.20. The average Bonchev–Trinajstić information content (AvgIpc) is 2.40. The van der Waals surface area contributed by atoms with Crippen molar-refractivity contribution >= 4 is 33.2 Å². The third-order valence-electron chi connectivity index (χ3n) is 3.19. The van der Waals surface area contributed by atoms with Gasteiger partial charge in [-0.05, 0) is 37.3 Å². The Morgan fingerprint density at radius 3 is 2.65 bits per heavy atom. The van der Waals surface area contributed by atoms with Gasteiger partial charge in [-0.3, -0.25) is 4.79 Å². The summed E-state index contributed by atoms with van der Waals surface area (Å²) in [6.45, 7) is 1.71. The van der Waals surface area contributed by atoms with Crippen LogP contribution in [0, 0.1) is 6.92 Å². The van der Waals surface area contributed by atoms with Crippen LogP contribution in [0.2, 0.25) is 0 Å². The number of amides is 1. The number of nitrogens with zero attached hydrogens (tertiary/aromatic N) is 1. The zero-order chi connectivity index (χ0) is 14.9. The summed E-state index contributed by atoms with van der Waals surface area (Å²) in [5.74, 6) is -0.111. The van der Waals surface area contributed by atoms with E-state index in [2.05, 4.69) is 15.9 Å². The van der Waals surface area contributed by atoms with Gasteiger partial charge in [-0.1, -0.05) is 22.0 Å². The number of nitrogens with two attached hydrogens (primary N) is 1. The fraction of sp³-hybridized carbons (Fsp3) is 0.133. The summed E-state index contributed by atoms with van der Waals surface area (Å²) in [6.07, 6.45) is 0. The van der Waals surface area contributed by atoms with Gasteiger partial charge in [0.2, 0.25) is 0 Å². The number of rotatable bonds is 2.